The molecule has 0 bridgehead atoms. The average Bonchev–Trinajstić information content (AvgIpc) is 3.44. The highest BCUT2D eigenvalue weighted by atomic mass is 16.5. The lowest BCUT2D eigenvalue weighted by molar-refractivity contribution is 0.0921. The standard InChI is InChI=1S/C25H27N3O3/c1-18(2)19-10-12-20(13-11-19)30-16-6-14-28-22-8-4-3-7-21(22)27-24(28)17-26-25(29)23-9-5-15-31-23/h3-5,7-13,15,18H,6,14,16-17H2,1-2H3,(H,26,29). The molecule has 0 unspecified atom stereocenters. The number of aryl methyl sites for hydroxylation is 1. The molecule has 2 aromatic heterocycles. The Morgan fingerprint density at radius 2 is 1.90 bits per heavy atom. The van der Waals surface area contributed by atoms with Crippen LogP contribution >= 0.6 is 0 Å². The number of amides is 1. The van der Waals surface area contributed by atoms with Gasteiger partial charge in [0.05, 0.1) is 30.4 Å². The molecule has 31 heavy (non-hydrogen) atoms. The zero-order valence-corrected chi connectivity index (χ0v) is 17.9. The van der Waals surface area contributed by atoms with E-state index in [-0.39, 0.29) is 5.91 Å². The molecule has 0 aliphatic carbocycles. The minimum absolute atomic E-state index is 0.253. The number of hydrogen-bond acceptors (Lipinski definition) is 4. The van der Waals surface area contributed by atoms with Crippen LogP contribution in [0.1, 0.15) is 48.1 Å². The predicted molar refractivity (Wildman–Crippen MR) is 120 cm³/mol. The molecule has 0 aliphatic rings. The zero-order chi connectivity index (χ0) is 21.6. The third-order valence-corrected chi connectivity index (χ3v) is 5.23. The summed E-state index contributed by atoms with van der Waals surface area (Å²) in [6, 6.07) is 19.6. The number of carbonyl (C=O) groups is 1. The summed E-state index contributed by atoms with van der Waals surface area (Å²) < 4.78 is 13.2. The normalized spacial score (nSPS) is 11.2. The molecule has 0 saturated heterocycles. The van der Waals surface area contributed by atoms with Crippen LogP contribution in [0, 0.1) is 0 Å². The third-order valence-electron chi connectivity index (χ3n) is 5.23. The van der Waals surface area contributed by atoms with Crippen LogP contribution in [0.2, 0.25) is 0 Å². The van der Waals surface area contributed by atoms with E-state index < -0.39 is 0 Å². The number of para-hydroxylation sites is 2. The van der Waals surface area contributed by atoms with Gasteiger partial charge in [-0.2, -0.15) is 0 Å². The van der Waals surface area contributed by atoms with Crippen molar-refractivity contribution in [3.63, 3.8) is 0 Å². The van der Waals surface area contributed by atoms with Crippen molar-refractivity contribution >= 4 is 16.9 Å². The van der Waals surface area contributed by atoms with Crippen LogP contribution in [0.3, 0.4) is 0 Å². The van der Waals surface area contributed by atoms with E-state index in [4.69, 9.17) is 14.1 Å². The van der Waals surface area contributed by atoms with E-state index in [2.05, 4.69) is 35.9 Å². The zero-order valence-electron chi connectivity index (χ0n) is 17.9. The fourth-order valence-corrected chi connectivity index (χ4v) is 3.53. The molecule has 1 amide bonds. The highest BCUT2D eigenvalue weighted by molar-refractivity contribution is 5.91. The van der Waals surface area contributed by atoms with Gasteiger partial charge in [0.25, 0.3) is 5.91 Å². The summed E-state index contributed by atoms with van der Waals surface area (Å²) in [6.45, 7) is 6.04. The summed E-state index contributed by atoms with van der Waals surface area (Å²) in [4.78, 5) is 16.9. The van der Waals surface area contributed by atoms with Crippen molar-refractivity contribution in [3.05, 3.63) is 84.1 Å². The number of aromatic nitrogens is 2. The molecule has 0 aliphatic heterocycles. The summed E-state index contributed by atoms with van der Waals surface area (Å²) in [5.74, 6) is 2.24. The van der Waals surface area contributed by atoms with Crippen molar-refractivity contribution in [1.82, 2.24) is 14.9 Å². The Labute approximate surface area is 181 Å². The number of rotatable bonds is 9. The minimum atomic E-state index is -0.253. The third kappa shape index (κ3) is 4.97. The van der Waals surface area contributed by atoms with Crippen molar-refractivity contribution in [1.29, 1.82) is 0 Å². The lowest BCUT2D eigenvalue weighted by atomic mass is 10.0. The first-order valence-corrected chi connectivity index (χ1v) is 10.6. The Bertz CT molecular complexity index is 1130. The maximum absolute atomic E-state index is 12.2. The van der Waals surface area contributed by atoms with E-state index >= 15 is 0 Å². The number of nitrogens with one attached hydrogen (secondary N) is 1. The van der Waals surface area contributed by atoms with Crippen LogP contribution in [0.4, 0.5) is 0 Å². The molecule has 4 aromatic rings. The smallest absolute Gasteiger partial charge is 0.287 e. The molecular formula is C25H27N3O3. The highest BCUT2D eigenvalue weighted by Crippen LogP contribution is 2.20. The SMILES string of the molecule is CC(C)c1ccc(OCCCn2c(CNC(=O)c3ccco3)nc3ccccc32)cc1. The van der Waals surface area contributed by atoms with Gasteiger partial charge in [0.1, 0.15) is 11.6 Å². The molecular weight excluding hydrogens is 390 g/mol. The summed E-state index contributed by atoms with van der Waals surface area (Å²) in [5, 5.41) is 2.89. The minimum Gasteiger partial charge on any atom is -0.494 e. The molecule has 6 nitrogen and oxygen atoms in total. The fourth-order valence-electron chi connectivity index (χ4n) is 3.53. The molecule has 4 rings (SSSR count). The van der Waals surface area contributed by atoms with E-state index in [0.29, 0.717) is 24.8 Å². The molecule has 6 heteroatoms. The number of nitrogens with zero attached hydrogens (tertiary/aromatic N) is 2. The summed E-state index contributed by atoms with van der Waals surface area (Å²) in [6.07, 6.45) is 2.31. The van der Waals surface area contributed by atoms with Crippen LogP contribution in [0.5, 0.6) is 5.75 Å². The van der Waals surface area contributed by atoms with Crippen LogP contribution in [-0.2, 0) is 13.1 Å². The van der Waals surface area contributed by atoms with Crippen molar-refractivity contribution in [2.45, 2.75) is 39.3 Å². The average molecular weight is 418 g/mol. The molecule has 0 radical (unpaired) electrons. The lowest BCUT2D eigenvalue weighted by Crippen LogP contribution is -2.24. The van der Waals surface area contributed by atoms with Crippen molar-refractivity contribution in [2.75, 3.05) is 6.61 Å². The number of benzene rings is 2. The second-order valence-electron chi connectivity index (χ2n) is 7.75. The van der Waals surface area contributed by atoms with Crippen molar-refractivity contribution < 1.29 is 13.9 Å². The van der Waals surface area contributed by atoms with E-state index in [9.17, 15) is 4.79 Å². The Balaban J connectivity index is 1.39. The first-order valence-electron chi connectivity index (χ1n) is 10.6. The van der Waals surface area contributed by atoms with Crippen molar-refractivity contribution in [3.8, 4) is 5.75 Å². The second-order valence-corrected chi connectivity index (χ2v) is 7.75. The largest absolute Gasteiger partial charge is 0.494 e. The Kier molecular flexibility index (Phi) is 6.36. The van der Waals surface area contributed by atoms with Crippen molar-refractivity contribution in [2.24, 2.45) is 0 Å². The fraction of sp³-hybridized carbons (Fsp3) is 0.280. The van der Waals surface area contributed by atoms with Crippen LogP contribution < -0.4 is 10.1 Å². The van der Waals surface area contributed by atoms with Crippen LogP contribution in [-0.4, -0.2) is 22.1 Å². The summed E-state index contributed by atoms with van der Waals surface area (Å²) >= 11 is 0. The maximum Gasteiger partial charge on any atom is 0.287 e. The quantitative estimate of drug-likeness (QED) is 0.382. The predicted octanol–water partition coefficient (Wildman–Crippen LogP) is 5.15. The van der Waals surface area contributed by atoms with Gasteiger partial charge in [0.15, 0.2) is 5.76 Å². The summed E-state index contributed by atoms with van der Waals surface area (Å²) in [5.41, 5.74) is 3.26. The van der Waals surface area contributed by atoms with Gasteiger partial charge < -0.3 is 19.0 Å². The van der Waals surface area contributed by atoms with Crippen LogP contribution in [0.25, 0.3) is 11.0 Å². The Morgan fingerprint density at radius 3 is 2.65 bits per heavy atom. The molecule has 160 valence electrons. The van der Waals surface area contributed by atoms with Crippen LogP contribution in [0.15, 0.2) is 71.3 Å². The molecule has 0 spiro atoms. The van der Waals surface area contributed by atoms with E-state index in [1.54, 1.807) is 12.1 Å². The van der Waals surface area contributed by atoms with Gasteiger partial charge in [-0.25, -0.2) is 4.98 Å². The summed E-state index contributed by atoms with van der Waals surface area (Å²) in [7, 11) is 0. The number of ether oxygens (including phenoxy) is 1. The Hall–Kier alpha value is -3.54. The van der Waals surface area contributed by atoms with E-state index in [1.165, 1.54) is 11.8 Å². The second kappa shape index (κ2) is 9.51. The van der Waals surface area contributed by atoms with E-state index in [0.717, 1.165) is 35.6 Å². The number of fused-ring (bicyclic) bond motifs is 1. The van der Waals surface area contributed by atoms with Gasteiger partial charge in [-0.15, -0.1) is 0 Å². The van der Waals surface area contributed by atoms with Gasteiger partial charge in [0, 0.05) is 6.54 Å². The molecule has 0 fully saturated rings. The topological polar surface area (TPSA) is 69.3 Å². The highest BCUT2D eigenvalue weighted by Gasteiger charge is 2.13. The van der Waals surface area contributed by atoms with Gasteiger partial charge in [-0.1, -0.05) is 38.1 Å². The van der Waals surface area contributed by atoms with Gasteiger partial charge >= 0.3 is 0 Å². The number of carbonyl (C=O) groups excluding carboxylic acids is 1. The van der Waals surface area contributed by atoms with Gasteiger partial charge in [-0.05, 0) is 54.3 Å². The number of hydrogen-bond donors (Lipinski definition) is 1. The maximum atomic E-state index is 12.2. The number of furan rings is 1. The number of imidazole rings is 1. The van der Waals surface area contributed by atoms with Gasteiger partial charge in [0.2, 0.25) is 0 Å². The van der Waals surface area contributed by atoms with E-state index in [1.807, 2.05) is 36.4 Å². The molecule has 2 aromatic carbocycles. The molecule has 0 atom stereocenters. The monoisotopic (exact) mass is 417 g/mol. The first kappa shape index (κ1) is 20.7. The first-order chi connectivity index (χ1) is 15.1. The Morgan fingerprint density at radius 1 is 1.10 bits per heavy atom. The molecule has 1 N–H and O–H groups in total. The lowest BCUT2D eigenvalue weighted by Gasteiger charge is -2.12. The molecule has 0 saturated carbocycles. The molecule has 2 heterocycles. The van der Waals surface area contributed by atoms with Gasteiger partial charge in [-0.3, -0.25) is 4.79 Å².